The number of nitrogens with one attached hydrogen (secondary N) is 1. The third-order valence-corrected chi connectivity index (χ3v) is 4.39. The fraction of sp³-hybridized carbons (Fsp3) is 0.316. The molecule has 154 valence electrons. The summed E-state index contributed by atoms with van der Waals surface area (Å²) in [5.74, 6) is -0.866. The highest BCUT2D eigenvalue weighted by Gasteiger charge is 2.35. The Bertz CT molecular complexity index is 1030. The number of anilines is 1. The number of benzene rings is 1. The third-order valence-electron chi connectivity index (χ3n) is 4.39. The molecule has 0 saturated carbocycles. The number of hydrogen-bond donors (Lipinski definition) is 1. The number of carbonyl (C=O) groups excluding carboxylic acids is 1. The molecule has 0 radical (unpaired) electrons. The smallest absolute Gasteiger partial charge is 0.360 e. The molecule has 0 aliphatic heterocycles. The van der Waals surface area contributed by atoms with Crippen molar-refractivity contribution < 1.29 is 26.9 Å². The third kappa shape index (κ3) is 4.01. The second-order valence-electron chi connectivity index (χ2n) is 6.32. The summed E-state index contributed by atoms with van der Waals surface area (Å²) in [6, 6.07) is 4.51. The van der Waals surface area contributed by atoms with Crippen LogP contribution in [0.2, 0.25) is 0 Å². The minimum Gasteiger partial charge on any atom is -0.360 e. The molecular weight excluding hydrogens is 392 g/mol. The quantitative estimate of drug-likeness (QED) is 0.624. The number of aryl methyl sites for hydroxylation is 3. The first-order valence-corrected chi connectivity index (χ1v) is 8.85. The lowest BCUT2D eigenvalue weighted by Gasteiger charge is -2.09. The lowest BCUT2D eigenvalue weighted by atomic mass is 10.1. The van der Waals surface area contributed by atoms with Crippen molar-refractivity contribution in [3.8, 4) is 11.3 Å². The fourth-order valence-electron chi connectivity index (χ4n) is 2.95. The SMILES string of the molecule is CCc1noc(CC)c1C(=O)Nc1ccc(-c2cc(C(F)(F)F)nn2C)c(F)c1. The van der Waals surface area contributed by atoms with Gasteiger partial charge in [0.1, 0.15) is 17.1 Å². The van der Waals surface area contributed by atoms with E-state index in [1.54, 1.807) is 0 Å². The number of amides is 1. The van der Waals surface area contributed by atoms with Gasteiger partial charge in [0.15, 0.2) is 5.69 Å². The molecule has 2 heterocycles. The average Bonchev–Trinajstić information content (AvgIpc) is 3.25. The van der Waals surface area contributed by atoms with Crippen LogP contribution in [0.3, 0.4) is 0 Å². The van der Waals surface area contributed by atoms with Crippen molar-refractivity contribution in [3.05, 3.63) is 52.8 Å². The number of nitrogens with zero attached hydrogens (tertiary/aromatic N) is 3. The second kappa shape index (κ2) is 7.69. The summed E-state index contributed by atoms with van der Waals surface area (Å²) in [5, 5.41) is 9.82. The maximum Gasteiger partial charge on any atom is 0.435 e. The van der Waals surface area contributed by atoms with Crippen molar-refractivity contribution in [3.63, 3.8) is 0 Å². The van der Waals surface area contributed by atoms with Crippen LogP contribution in [0.4, 0.5) is 23.2 Å². The van der Waals surface area contributed by atoms with Gasteiger partial charge in [-0.25, -0.2) is 4.39 Å². The molecule has 0 fully saturated rings. The van der Waals surface area contributed by atoms with Crippen LogP contribution < -0.4 is 5.32 Å². The Morgan fingerprint density at radius 2 is 1.93 bits per heavy atom. The minimum atomic E-state index is -4.63. The molecule has 3 rings (SSSR count). The minimum absolute atomic E-state index is 0.0340. The Kier molecular flexibility index (Phi) is 5.45. The molecular formula is C19H18F4N4O2. The van der Waals surface area contributed by atoms with E-state index < -0.39 is 23.6 Å². The molecule has 0 atom stereocenters. The van der Waals surface area contributed by atoms with E-state index in [-0.39, 0.29) is 16.9 Å². The number of alkyl halides is 3. The van der Waals surface area contributed by atoms with Crippen LogP contribution >= 0.6 is 0 Å². The maximum absolute atomic E-state index is 14.6. The molecule has 0 unspecified atom stereocenters. The topological polar surface area (TPSA) is 73.0 Å². The van der Waals surface area contributed by atoms with Gasteiger partial charge in [0, 0.05) is 24.7 Å². The first-order valence-electron chi connectivity index (χ1n) is 8.85. The highest BCUT2D eigenvalue weighted by molar-refractivity contribution is 6.05. The van der Waals surface area contributed by atoms with Gasteiger partial charge in [-0.15, -0.1) is 0 Å². The van der Waals surface area contributed by atoms with Crippen molar-refractivity contribution in [2.24, 2.45) is 7.05 Å². The highest BCUT2D eigenvalue weighted by Crippen LogP contribution is 2.33. The largest absolute Gasteiger partial charge is 0.435 e. The molecule has 0 bridgehead atoms. The summed E-state index contributed by atoms with van der Waals surface area (Å²) in [4.78, 5) is 12.6. The van der Waals surface area contributed by atoms with Crippen LogP contribution in [-0.4, -0.2) is 20.8 Å². The van der Waals surface area contributed by atoms with E-state index in [4.69, 9.17) is 4.52 Å². The first kappa shape index (κ1) is 20.6. The van der Waals surface area contributed by atoms with Crippen molar-refractivity contribution in [1.29, 1.82) is 0 Å². The molecule has 1 amide bonds. The van der Waals surface area contributed by atoms with Crippen LogP contribution in [0.1, 0.15) is 41.4 Å². The van der Waals surface area contributed by atoms with Gasteiger partial charge in [0.2, 0.25) is 0 Å². The number of rotatable bonds is 5. The summed E-state index contributed by atoms with van der Waals surface area (Å²) in [6.07, 6.45) is -3.68. The highest BCUT2D eigenvalue weighted by atomic mass is 19.4. The predicted octanol–water partition coefficient (Wildman–Crippen LogP) is 4.61. The second-order valence-corrected chi connectivity index (χ2v) is 6.32. The number of carbonyl (C=O) groups is 1. The van der Waals surface area contributed by atoms with Gasteiger partial charge in [0.05, 0.1) is 11.4 Å². The predicted molar refractivity (Wildman–Crippen MR) is 96.8 cm³/mol. The summed E-state index contributed by atoms with van der Waals surface area (Å²) in [7, 11) is 1.30. The Hall–Kier alpha value is -3.17. The lowest BCUT2D eigenvalue weighted by molar-refractivity contribution is -0.141. The van der Waals surface area contributed by atoms with E-state index in [0.29, 0.717) is 29.9 Å². The molecule has 0 spiro atoms. The molecule has 3 aromatic rings. The van der Waals surface area contributed by atoms with E-state index in [1.165, 1.54) is 19.2 Å². The zero-order valence-corrected chi connectivity index (χ0v) is 15.9. The van der Waals surface area contributed by atoms with Gasteiger partial charge in [0.25, 0.3) is 5.91 Å². The van der Waals surface area contributed by atoms with Crippen LogP contribution in [0.15, 0.2) is 28.8 Å². The van der Waals surface area contributed by atoms with Gasteiger partial charge in [-0.05, 0) is 30.7 Å². The van der Waals surface area contributed by atoms with Gasteiger partial charge < -0.3 is 9.84 Å². The van der Waals surface area contributed by atoms with Gasteiger partial charge in [-0.1, -0.05) is 19.0 Å². The monoisotopic (exact) mass is 410 g/mol. The lowest BCUT2D eigenvalue weighted by Crippen LogP contribution is -2.15. The molecule has 0 saturated heterocycles. The molecule has 29 heavy (non-hydrogen) atoms. The van der Waals surface area contributed by atoms with E-state index in [2.05, 4.69) is 15.6 Å². The average molecular weight is 410 g/mol. The molecule has 2 aromatic heterocycles. The van der Waals surface area contributed by atoms with Crippen LogP contribution in [-0.2, 0) is 26.1 Å². The van der Waals surface area contributed by atoms with Crippen molar-refractivity contribution >= 4 is 11.6 Å². The Balaban J connectivity index is 1.88. The molecule has 1 N–H and O–H groups in total. The van der Waals surface area contributed by atoms with Crippen LogP contribution in [0, 0.1) is 5.82 Å². The number of hydrogen-bond acceptors (Lipinski definition) is 4. The van der Waals surface area contributed by atoms with E-state index in [0.717, 1.165) is 16.8 Å². The van der Waals surface area contributed by atoms with Crippen molar-refractivity contribution in [1.82, 2.24) is 14.9 Å². The maximum atomic E-state index is 14.6. The van der Waals surface area contributed by atoms with Crippen molar-refractivity contribution in [2.45, 2.75) is 32.9 Å². The van der Waals surface area contributed by atoms with Gasteiger partial charge in [-0.3, -0.25) is 9.48 Å². The number of aromatic nitrogens is 3. The standard InChI is InChI=1S/C19H18F4N4O2/c1-4-13-17(15(5-2)29-26-13)18(28)24-10-6-7-11(12(20)8-10)14-9-16(19(21,22)23)25-27(14)3/h6-9H,4-5H2,1-3H3,(H,24,28). The summed E-state index contributed by atoms with van der Waals surface area (Å²) in [5.41, 5.74) is -0.264. The molecule has 0 aliphatic carbocycles. The Labute approximate surface area is 163 Å². The molecule has 1 aromatic carbocycles. The van der Waals surface area contributed by atoms with Gasteiger partial charge >= 0.3 is 6.18 Å². The zero-order chi connectivity index (χ0) is 21.3. The number of halogens is 4. The Morgan fingerprint density at radius 1 is 1.21 bits per heavy atom. The van der Waals surface area contributed by atoms with Crippen molar-refractivity contribution in [2.75, 3.05) is 5.32 Å². The summed E-state index contributed by atoms with van der Waals surface area (Å²) >= 11 is 0. The molecule has 10 heteroatoms. The molecule has 0 aliphatic rings. The fourth-order valence-corrected chi connectivity index (χ4v) is 2.95. The summed E-state index contributed by atoms with van der Waals surface area (Å²) < 4.78 is 59.2. The van der Waals surface area contributed by atoms with Gasteiger partial charge in [-0.2, -0.15) is 18.3 Å². The van der Waals surface area contributed by atoms with Crippen LogP contribution in [0.5, 0.6) is 0 Å². The van der Waals surface area contributed by atoms with E-state index in [9.17, 15) is 22.4 Å². The van der Waals surface area contributed by atoms with E-state index in [1.807, 2.05) is 13.8 Å². The summed E-state index contributed by atoms with van der Waals surface area (Å²) in [6.45, 7) is 3.64. The Morgan fingerprint density at radius 3 is 2.48 bits per heavy atom. The van der Waals surface area contributed by atoms with Crippen LogP contribution in [0.25, 0.3) is 11.3 Å². The zero-order valence-electron chi connectivity index (χ0n) is 15.9. The van der Waals surface area contributed by atoms with E-state index >= 15 is 0 Å². The first-order chi connectivity index (χ1) is 13.7. The normalized spacial score (nSPS) is 11.7. The molecule has 6 nitrogen and oxygen atoms in total.